The number of rotatable bonds is 6. The maximum absolute atomic E-state index is 12.1. The molecule has 2 N–H and O–H groups in total. The van der Waals surface area contributed by atoms with E-state index in [0.717, 1.165) is 5.75 Å². The molecule has 6 heteroatoms. The van der Waals surface area contributed by atoms with Gasteiger partial charge in [0.05, 0.1) is 5.60 Å². The van der Waals surface area contributed by atoms with Crippen LogP contribution in [0, 0.1) is 0 Å². The van der Waals surface area contributed by atoms with Crippen molar-refractivity contribution >= 4 is 17.7 Å². The molecule has 2 atom stereocenters. The fraction of sp³-hybridized carbons (Fsp3) is 0.533. The highest BCUT2D eigenvalue weighted by Gasteiger charge is 2.29. The van der Waals surface area contributed by atoms with Gasteiger partial charge in [0.15, 0.2) is 11.5 Å². The van der Waals surface area contributed by atoms with Crippen molar-refractivity contribution in [1.29, 1.82) is 0 Å². The summed E-state index contributed by atoms with van der Waals surface area (Å²) in [6.07, 6.45) is 1.93. The summed E-state index contributed by atoms with van der Waals surface area (Å²) in [6, 6.07) is 7.25. The average molecular weight is 311 g/mol. The van der Waals surface area contributed by atoms with Gasteiger partial charge in [0.2, 0.25) is 6.10 Å². The summed E-state index contributed by atoms with van der Waals surface area (Å²) in [5.74, 6) is 1.79. The first kappa shape index (κ1) is 16.0. The second-order valence-electron chi connectivity index (χ2n) is 5.32. The van der Waals surface area contributed by atoms with E-state index in [2.05, 4.69) is 5.32 Å². The molecule has 0 aromatic heterocycles. The van der Waals surface area contributed by atoms with Gasteiger partial charge in [-0.05, 0) is 37.5 Å². The molecule has 1 amide bonds. The number of carbonyl (C=O) groups excluding carboxylic acids is 1. The fourth-order valence-electron chi connectivity index (χ4n) is 1.95. The van der Waals surface area contributed by atoms with Gasteiger partial charge in [-0.15, -0.1) is 0 Å². The Morgan fingerprint density at radius 1 is 1.48 bits per heavy atom. The van der Waals surface area contributed by atoms with Gasteiger partial charge < -0.3 is 19.9 Å². The molecule has 0 unspecified atom stereocenters. The number of para-hydroxylation sites is 2. The van der Waals surface area contributed by atoms with E-state index in [9.17, 15) is 9.90 Å². The number of thioether (sulfide) groups is 1. The van der Waals surface area contributed by atoms with E-state index in [0.29, 0.717) is 17.9 Å². The van der Waals surface area contributed by atoms with E-state index in [1.165, 1.54) is 0 Å². The van der Waals surface area contributed by atoms with Gasteiger partial charge in [0, 0.05) is 6.54 Å². The Labute approximate surface area is 129 Å². The van der Waals surface area contributed by atoms with E-state index < -0.39 is 11.7 Å². The predicted molar refractivity (Wildman–Crippen MR) is 83.0 cm³/mol. The van der Waals surface area contributed by atoms with Gasteiger partial charge in [0.25, 0.3) is 5.91 Å². The lowest BCUT2D eigenvalue weighted by Gasteiger charge is -2.28. The summed E-state index contributed by atoms with van der Waals surface area (Å²) in [5.41, 5.74) is -0.911. The van der Waals surface area contributed by atoms with Gasteiger partial charge in [-0.2, -0.15) is 11.8 Å². The van der Waals surface area contributed by atoms with E-state index >= 15 is 0 Å². The largest absolute Gasteiger partial charge is 0.485 e. The van der Waals surface area contributed by atoms with Crippen LogP contribution in [0.15, 0.2) is 24.3 Å². The first-order valence-corrected chi connectivity index (χ1v) is 8.29. The van der Waals surface area contributed by atoms with Gasteiger partial charge in [-0.1, -0.05) is 12.1 Å². The molecular weight excluding hydrogens is 290 g/mol. The minimum absolute atomic E-state index is 0.176. The third kappa shape index (κ3) is 4.54. The van der Waals surface area contributed by atoms with E-state index in [1.54, 1.807) is 30.8 Å². The Balaban J connectivity index is 1.85. The van der Waals surface area contributed by atoms with Crippen LogP contribution in [0.3, 0.4) is 0 Å². The molecule has 1 aromatic carbocycles. The van der Waals surface area contributed by atoms with E-state index in [-0.39, 0.29) is 19.1 Å². The molecule has 0 saturated carbocycles. The van der Waals surface area contributed by atoms with Crippen molar-refractivity contribution in [3.8, 4) is 11.5 Å². The maximum Gasteiger partial charge on any atom is 0.264 e. The molecule has 1 heterocycles. The molecule has 5 nitrogen and oxygen atoms in total. The van der Waals surface area contributed by atoms with Crippen LogP contribution in [-0.4, -0.2) is 47.9 Å². The van der Waals surface area contributed by atoms with Crippen LogP contribution in [0.25, 0.3) is 0 Å². The highest BCUT2D eigenvalue weighted by molar-refractivity contribution is 7.98. The van der Waals surface area contributed by atoms with Gasteiger partial charge >= 0.3 is 0 Å². The van der Waals surface area contributed by atoms with Crippen LogP contribution >= 0.6 is 11.8 Å². The molecule has 0 fully saturated rings. The number of carbonyl (C=O) groups is 1. The highest BCUT2D eigenvalue weighted by atomic mass is 32.2. The van der Waals surface area contributed by atoms with Crippen LogP contribution in [0.5, 0.6) is 11.5 Å². The molecule has 0 bridgehead atoms. The Morgan fingerprint density at radius 2 is 2.19 bits per heavy atom. The molecule has 0 saturated heterocycles. The highest BCUT2D eigenvalue weighted by Crippen LogP contribution is 2.30. The number of benzene rings is 1. The normalized spacial score (nSPS) is 19.7. The summed E-state index contributed by atoms with van der Waals surface area (Å²) in [4.78, 5) is 12.1. The standard InChI is InChI=1S/C15H21NO4S/c1-15(18,7-8-21-2)10-16-14(17)13-9-19-11-5-3-4-6-12(11)20-13/h3-6,13,18H,7-10H2,1-2H3,(H,16,17)/t13-,15-/m0/s1. The lowest BCUT2D eigenvalue weighted by molar-refractivity contribution is -0.131. The van der Waals surface area contributed by atoms with E-state index in [1.807, 2.05) is 18.4 Å². The zero-order chi connectivity index (χ0) is 15.3. The Morgan fingerprint density at radius 3 is 2.90 bits per heavy atom. The third-order valence-electron chi connectivity index (χ3n) is 3.29. The van der Waals surface area contributed by atoms with Crippen LogP contribution < -0.4 is 14.8 Å². The first-order chi connectivity index (χ1) is 10.0. The maximum atomic E-state index is 12.1. The molecular formula is C15H21NO4S. The molecule has 0 aliphatic carbocycles. The predicted octanol–water partition coefficient (Wildman–Crippen LogP) is 1.45. The lowest BCUT2D eigenvalue weighted by atomic mass is 10.0. The monoisotopic (exact) mass is 311 g/mol. The minimum Gasteiger partial charge on any atom is -0.485 e. The molecule has 0 radical (unpaired) electrons. The minimum atomic E-state index is -0.911. The van der Waals surface area contributed by atoms with Crippen LogP contribution in [0.2, 0.25) is 0 Å². The van der Waals surface area contributed by atoms with Gasteiger partial charge in [0.1, 0.15) is 6.61 Å². The Bertz CT molecular complexity index is 492. The Hall–Kier alpha value is -1.40. The Kier molecular flexibility index (Phi) is 5.36. The molecule has 116 valence electrons. The number of hydrogen-bond acceptors (Lipinski definition) is 5. The second-order valence-corrected chi connectivity index (χ2v) is 6.31. The average Bonchev–Trinajstić information content (AvgIpc) is 2.50. The van der Waals surface area contributed by atoms with E-state index in [4.69, 9.17) is 9.47 Å². The number of ether oxygens (including phenoxy) is 2. The van der Waals surface area contributed by atoms with Gasteiger partial charge in [-0.25, -0.2) is 0 Å². The summed E-state index contributed by atoms with van der Waals surface area (Å²) >= 11 is 1.67. The number of amides is 1. The molecule has 1 aliphatic rings. The fourth-order valence-corrected chi connectivity index (χ4v) is 2.59. The second kappa shape index (κ2) is 7.04. The number of hydrogen-bond donors (Lipinski definition) is 2. The summed E-state index contributed by atoms with van der Waals surface area (Å²) in [5, 5.41) is 12.9. The van der Waals surface area contributed by atoms with Crippen molar-refractivity contribution in [1.82, 2.24) is 5.32 Å². The lowest BCUT2D eigenvalue weighted by Crippen LogP contribution is -2.48. The summed E-state index contributed by atoms with van der Waals surface area (Å²) in [7, 11) is 0. The molecule has 2 rings (SSSR count). The van der Waals surface area contributed by atoms with Crippen LogP contribution in [0.1, 0.15) is 13.3 Å². The topological polar surface area (TPSA) is 67.8 Å². The third-order valence-corrected chi connectivity index (χ3v) is 3.90. The first-order valence-electron chi connectivity index (χ1n) is 6.89. The van der Waals surface area contributed by atoms with Crippen molar-refractivity contribution < 1.29 is 19.4 Å². The zero-order valence-corrected chi connectivity index (χ0v) is 13.1. The van der Waals surface area contributed by atoms with Crippen molar-refractivity contribution in [2.75, 3.05) is 25.2 Å². The molecule has 21 heavy (non-hydrogen) atoms. The number of aliphatic hydroxyl groups is 1. The van der Waals surface area contributed by atoms with Crippen molar-refractivity contribution in [2.45, 2.75) is 25.0 Å². The van der Waals surface area contributed by atoms with Crippen molar-refractivity contribution in [3.05, 3.63) is 24.3 Å². The zero-order valence-electron chi connectivity index (χ0n) is 12.3. The molecule has 1 aromatic rings. The summed E-state index contributed by atoms with van der Waals surface area (Å²) < 4.78 is 11.1. The summed E-state index contributed by atoms with van der Waals surface area (Å²) in [6.45, 7) is 2.10. The molecule has 0 spiro atoms. The van der Waals surface area contributed by atoms with Crippen LogP contribution in [0.4, 0.5) is 0 Å². The number of nitrogens with one attached hydrogen (secondary N) is 1. The molecule has 1 aliphatic heterocycles. The quantitative estimate of drug-likeness (QED) is 0.832. The van der Waals surface area contributed by atoms with Crippen LogP contribution in [-0.2, 0) is 4.79 Å². The van der Waals surface area contributed by atoms with Crippen molar-refractivity contribution in [2.24, 2.45) is 0 Å². The van der Waals surface area contributed by atoms with Gasteiger partial charge in [-0.3, -0.25) is 4.79 Å². The smallest absolute Gasteiger partial charge is 0.264 e. The van der Waals surface area contributed by atoms with Crippen molar-refractivity contribution in [3.63, 3.8) is 0 Å². The number of fused-ring (bicyclic) bond motifs is 1. The SMILES string of the molecule is CSCC[C@](C)(O)CNC(=O)[C@@H]1COc2ccccc2O1.